The van der Waals surface area contributed by atoms with E-state index in [-0.39, 0.29) is 36.3 Å². The van der Waals surface area contributed by atoms with Crippen molar-refractivity contribution in [3.05, 3.63) is 47.5 Å². The number of nitrogens with zero attached hydrogens (tertiary/aromatic N) is 3. The van der Waals surface area contributed by atoms with E-state index in [1.54, 1.807) is 30.7 Å². The minimum atomic E-state index is -0.291. The lowest BCUT2D eigenvalue weighted by Crippen LogP contribution is -2.41. The number of hydrogen-bond acceptors (Lipinski definition) is 5. The van der Waals surface area contributed by atoms with Crippen molar-refractivity contribution in [2.24, 2.45) is 11.8 Å². The van der Waals surface area contributed by atoms with Crippen LogP contribution >= 0.6 is 0 Å². The maximum absolute atomic E-state index is 12.7. The van der Waals surface area contributed by atoms with E-state index in [1.807, 2.05) is 18.5 Å². The number of aryl methyl sites for hydroxylation is 1. The van der Waals surface area contributed by atoms with E-state index in [9.17, 15) is 14.7 Å². The van der Waals surface area contributed by atoms with Crippen molar-refractivity contribution in [3.63, 3.8) is 0 Å². The minimum Gasteiger partial charge on any atom is -0.394 e. The van der Waals surface area contributed by atoms with Crippen LogP contribution < -0.4 is 10.6 Å². The van der Waals surface area contributed by atoms with Gasteiger partial charge in [-0.15, -0.1) is 0 Å². The highest BCUT2D eigenvalue weighted by Gasteiger charge is 2.27. The molecule has 2 amide bonds. The quantitative estimate of drug-likeness (QED) is 0.659. The summed E-state index contributed by atoms with van der Waals surface area (Å²) in [7, 11) is 0. The molecule has 0 aromatic carbocycles. The summed E-state index contributed by atoms with van der Waals surface area (Å²) in [5.74, 6) is 0.00723. The largest absolute Gasteiger partial charge is 0.394 e. The lowest BCUT2D eigenvalue weighted by molar-refractivity contribution is 0.0892. The highest BCUT2D eigenvalue weighted by molar-refractivity contribution is 5.95. The molecule has 2 atom stereocenters. The van der Waals surface area contributed by atoms with Crippen molar-refractivity contribution in [2.45, 2.75) is 39.3 Å². The van der Waals surface area contributed by atoms with Crippen molar-refractivity contribution < 1.29 is 14.7 Å². The third-order valence-corrected chi connectivity index (χ3v) is 5.22. The van der Waals surface area contributed by atoms with Gasteiger partial charge < -0.3 is 15.7 Å². The van der Waals surface area contributed by atoms with Crippen molar-refractivity contribution >= 4 is 11.8 Å². The molecule has 0 aliphatic carbocycles. The van der Waals surface area contributed by atoms with Crippen LogP contribution in [0.4, 0.5) is 0 Å². The normalized spacial score (nSPS) is 17.1. The number of carbonyl (C=O) groups excluding carboxylic acids is 2. The van der Waals surface area contributed by atoms with Gasteiger partial charge >= 0.3 is 0 Å². The van der Waals surface area contributed by atoms with Gasteiger partial charge in [-0.3, -0.25) is 19.3 Å². The third-order valence-electron chi connectivity index (χ3n) is 5.22. The smallest absolute Gasteiger partial charge is 0.255 e. The second kappa shape index (κ2) is 8.97. The average molecular weight is 385 g/mol. The topological polar surface area (TPSA) is 109 Å². The summed E-state index contributed by atoms with van der Waals surface area (Å²) in [5, 5.41) is 19.6. The van der Waals surface area contributed by atoms with Gasteiger partial charge in [-0.2, -0.15) is 5.10 Å². The van der Waals surface area contributed by atoms with Crippen LogP contribution in [0, 0.1) is 11.8 Å². The van der Waals surface area contributed by atoms with Gasteiger partial charge in [-0.1, -0.05) is 13.8 Å². The Kier molecular flexibility index (Phi) is 6.41. The van der Waals surface area contributed by atoms with Crippen molar-refractivity contribution in [3.8, 4) is 0 Å². The van der Waals surface area contributed by atoms with Gasteiger partial charge in [0, 0.05) is 25.5 Å². The SMILES string of the molecule is CC(C)[C@@H](CO)NC(=O)c1cnn2c1CC(CNC(=O)c1cccnc1)CC2. The molecule has 3 heterocycles. The van der Waals surface area contributed by atoms with Crippen LogP contribution in [0.1, 0.15) is 46.7 Å². The van der Waals surface area contributed by atoms with Gasteiger partial charge in [0.15, 0.2) is 0 Å². The maximum atomic E-state index is 12.7. The fraction of sp³-hybridized carbons (Fsp3) is 0.500. The Labute approximate surface area is 164 Å². The maximum Gasteiger partial charge on any atom is 0.255 e. The zero-order chi connectivity index (χ0) is 20.1. The number of amides is 2. The van der Waals surface area contributed by atoms with E-state index in [0.29, 0.717) is 30.6 Å². The Bertz CT molecular complexity index is 819. The summed E-state index contributed by atoms with van der Waals surface area (Å²) in [6.07, 6.45) is 6.32. The number of pyridine rings is 1. The van der Waals surface area contributed by atoms with E-state index in [1.165, 1.54) is 0 Å². The first-order valence-corrected chi connectivity index (χ1v) is 9.64. The van der Waals surface area contributed by atoms with Crippen LogP contribution in [0.5, 0.6) is 0 Å². The van der Waals surface area contributed by atoms with Crippen LogP contribution in [0.25, 0.3) is 0 Å². The highest BCUT2D eigenvalue weighted by atomic mass is 16.3. The Morgan fingerprint density at radius 1 is 1.32 bits per heavy atom. The number of carbonyl (C=O) groups is 2. The molecule has 2 aromatic rings. The fourth-order valence-corrected chi connectivity index (χ4v) is 3.37. The van der Waals surface area contributed by atoms with Crippen molar-refractivity contribution in [2.75, 3.05) is 13.2 Å². The molecule has 1 unspecified atom stereocenters. The second-order valence-electron chi connectivity index (χ2n) is 7.55. The van der Waals surface area contributed by atoms with E-state index >= 15 is 0 Å². The number of aliphatic hydroxyl groups is 1. The molecule has 2 aromatic heterocycles. The van der Waals surface area contributed by atoms with Crippen LogP contribution in [0.15, 0.2) is 30.7 Å². The lowest BCUT2D eigenvalue weighted by Gasteiger charge is -2.25. The molecule has 0 spiro atoms. The fourth-order valence-electron chi connectivity index (χ4n) is 3.37. The summed E-state index contributed by atoms with van der Waals surface area (Å²) < 4.78 is 1.86. The predicted molar refractivity (Wildman–Crippen MR) is 104 cm³/mol. The van der Waals surface area contributed by atoms with Crippen molar-refractivity contribution in [1.29, 1.82) is 0 Å². The van der Waals surface area contributed by atoms with Crippen LogP contribution in [-0.4, -0.2) is 50.9 Å². The Balaban J connectivity index is 1.62. The molecule has 150 valence electrons. The molecule has 8 heteroatoms. The number of rotatable bonds is 7. The number of fused-ring (bicyclic) bond motifs is 1. The monoisotopic (exact) mass is 385 g/mol. The molecule has 28 heavy (non-hydrogen) atoms. The number of nitrogens with one attached hydrogen (secondary N) is 2. The number of aliphatic hydroxyl groups excluding tert-OH is 1. The van der Waals surface area contributed by atoms with E-state index < -0.39 is 0 Å². The molecule has 1 aliphatic rings. The first-order chi connectivity index (χ1) is 13.5. The molecule has 0 fully saturated rings. The summed E-state index contributed by atoms with van der Waals surface area (Å²) in [6, 6.07) is 3.17. The highest BCUT2D eigenvalue weighted by Crippen LogP contribution is 2.23. The van der Waals surface area contributed by atoms with Crippen LogP contribution in [0.3, 0.4) is 0 Å². The Morgan fingerprint density at radius 2 is 2.14 bits per heavy atom. The molecular weight excluding hydrogens is 358 g/mol. The lowest BCUT2D eigenvalue weighted by atomic mass is 9.94. The molecule has 0 saturated heterocycles. The van der Waals surface area contributed by atoms with Gasteiger partial charge in [-0.05, 0) is 36.8 Å². The van der Waals surface area contributed by atoms with E-state index in [2.05, 4.69) is 20.7 Å². The number of aromatic nitrogens is 3. The molecular formula is C20H27N5O3. The van der Waals surface area contributed by atoms with Gasteiger partial charge in [0.1, 0.15) is 0 Å². The average Bonchev–Trinajstić information content (AvgIpc) is 3.13. The summed E-state index contributed by atoms with van der Waals surface area (Å²) in [5.41, 5.74) is 1.96. The van der Waals surface area contributed by atoms with E-state index in [0.717, 1.165) is 12.1 Å². The molecule has 0 radical (unpaired) electrons. The summed E-state index contributed by atoms with van der Waals surface area (Å²) in [6.45, 7) is 5.05. The van der Waals surface area contributed by atoms with Gasteiger partial charge in [0.2, 0.25) is 0 Å². The first-order valence-electron chi connectivity index (χ1n) is 9.64. The summed E-state index contributed by atoms with van der Waals surface area (Å²) >= 11 is 0. The third kappa shape index (κ3) is 4.56. The minimum absolute atomic E-state index is 0.101. The zero-order valence-corrected chi connectivity index (χ0v) is 16.3. The number of hydrogen-bond donors (Lipinski definition) is 3. The molecule has 3 rings (SSSR count). The first kappa shape index (κ1) is 20.0. The zero-order valence-electron chi connectivity index (χ0n) is 16.3. The van der Waals surface area contributed by atoms with Crippen LogP contribution in [0.2, 0.25) is 0 Å². The van der Waals surface area contributed by atoms with Crippen LogP contribution in [-0.2, 0) is 13.0 Å². The van der Waals surface area contributed by atoms with Gasteiger partial charge in [-0.25, -0.2) is 0 Å². The Hall–Kier alpha value is -2.74. The Morgan fingerprint density at radius 3 is 2.82 bits per heavy atom. The van der Waals surface area contributed by atoms with Crippen molar-refractivity contribution in [1.82, 2.24) is 25.4 Å². The van der Waals surface area contributed by atoms with Gasteiger partial charge in [0.05, 0.1) is 35.7 Å². The molecule has 1 aliphatic heterocycles. The molecule has 8 nitrogen and oxygen atoms in total. The second-order valence-corrected chi connectivity index (χ2v) is 7.55. The molecule has 0 saturated carbocycles. The standard InChI is InChI=1S/C20H27N5O3/c1-13(2)17(12-26)24-20(28)16-11-23-25-7-5-14(8-18(16)25)9-22-19(27)15-4-3-6-21-10-15/h3-4,6,10-11,13-14,17,26H,5,7-9,12H2,1-2H3,(H,22,27)(H,24,28)/t14?,17-/m1/s1. The predicted octanol–water partition coefficient (Wildman–Crippen LogP) is 1.02. The molecule has 3 N–H and O–H groups in total. The summed E-state index contributed by atoms with van der Waals surface area (Å²) in [4.78, 5) is 28.8. The van der Waals surface area contributed by atoms with Gasteiger partial charge in [0.25, 0.3) is 11.8 Å². The molecule has 0 bridgehead atoms. The van der Waals surface area contributed by atoms with E-state index in [4.69, 9.17) is 0 Å².